The van der Waals surface area contributed by atoms with Crippen molar-refractivity contribution in [1.82, 2.24) is 4.98 Å². The third-order valence-electron chi connectivity index (χ3n) is 3.67. The van der Waals surface area contributed by atoms with E-state index in [0.29, 0.717) is 5.56 Å². The highest BCUT2D eigenvalue weighted by Gasteiger charge is 2.15. The molecular weight excluding hydrogens is 238 g/mol. The number of nitrogens with zero attached hydrogens (tertiary/aromatic N) is 1. The third-order valence-corrected chi connectivity index (χ3v) is 3.67. The number of carboxylic acid groups (broad SMARTS) is 1. The Bertz CT molecular complexity index is 634. The Morgan fingerprint density at radius 1 is 1.11 bits per heavy atom. The average molecular weight is 253 g/mol. The van der Waals surface area contributed by atoms with Gasteiger partial charge in [0.25, 0.3) is 0 Å². The first-order valence-corrected chi connectivity index (χ1v) is 6.56. The molecule has 0 unspecified atom stereocenters. The van der Waals surface area contributed by atoms with Crippen LogP contribution < -0.4 is 0 Å². The molecule has 1 aliphatic rings. The van der Waals surface area contributed by atoms with Crippen molar-refractivity contribution in [1.29, 1.82) is 0 Å². The summed E-state index contributed by atoms with van der Waals surface area (Å²) in [6.07, 6.45) is 6.21. The summed E-state index contributed by atoms with van der Waals surface area (Å²) < 4.78 is 0. The van der Waals surface area contributed by atoms with E-state index in [0.717, 1.165) is 18.4 Å². The highest BCUT2D eigenvalue weighted by molar-refractivity contribution is 5.93. The lowest BCUT2D eigenvalue weighted by atomic mass is 9.89. The van der Waals surface area contributed by atoms with Crippen molar-refractivity contribution >= 4 is 5.97 Å². The Kier molecular flexibility index (Phi) is 3.03. The molecule has 1 aliphatic carbocycles. The Morgan fingerprint density at radius 3 is 2.68 bits per heavy atom. The normalized spacial score (nSPS) is 13.9. The zero-order valence-corrected chi connectivity index (χ0v) is 10.6. The van der Waals surface area contributed by atoms with Crippen LogP contribution in [0, 0.1) is 0 Å². The van der Waals surface area contributed by atoms with E-state index in [1.54, 1.807) is 6.07 Å². The molecule has 0 spiro atoms. The van der Waals surface area contributed by atoms with Gasteiger partial charge < -0.3 is 5.11 Å². The summed E-state index contributed by atoms with van der Waals surface area (Å²) in [6.45, 7) is 0. The van der Waals surface area contributed by atoms with Gasteiger partial charge in [0.15, 0.2) is 5.69 Å². The van der Waals surface area contributed by atoms with Crippen molar-refractivity contribution in [2.24, 2.45) is 0 Å². The topological polar surface area (TPSA) is 50.2 Å². The van der Waals surface area contributed by atoms with E-state index in [2.05, 4.69) is 17.1 Å². The number of hydrogen-bond acceptors (Lipinski definition) is 2. The number of aromatic carboxylic acids is 1. The van der Waals surface area contributed by atoms with E-state index in [1.807, 2.05) is 12.1 Å². The van der Waals surface area contributed by atoms with Gasteiger partial charge in [-0.25, -0.2) is 9.78 Å². The number of carboxylic acids is 1. The average Bonchev–Trinajstić information content (AvgIpc) is 2.46. The molecular formula is C16H15NO2. The van der Waals surface area contributed by atoms with E-state index in [9.17, 15) is 9.90 Å². The number of aryl methyl sites for hydroxylation is 2. The molecule has 0 atom stereocenters. The Balaban J connectivity index is 2.10. The third kappa shape index (κ3) is 2.24. The summed E-state index contributed by atoms with van der Waals surface area (Å²) in [4.78, 5) is 15.2. The first-order valence-electron chi connectivity index (χ1n) is 6.56. The van der Waals surface area contributed by atoms with E-state index in [1.165, 1.54) is 30.2 Å². The van der Waals surface area contributed by atoms with Gasteiger partial charge >= 0.3 is 5.97 Å². The molecule has 0 saturated carbocycles. The minimum Gasteiger partial charge on any atom is -0.476 e. The van der Waals surface area contributed by atoms with Gasteiger partial charge in [0, 0.05) is 11.8 Å². The Morgan fingerprint density at radius 2 is 1.89 bits per heavy atom. The molecule has 19 heavy (non-hydrogen) atoms. The lowest BCUT2D eigenvalue weighted by molar-refractivity contribution is 0.0691. The minimum atomic E-state index is -0.978. The summed E-state index contributed by atoms with van der Waals surface area (Å²) in [5.74, 6) is -0.978. The summed E-state index contributed by atoms with van der Waals surface area (Å²) in [7, 11) is 0. The van der Waals surface area contributed by atoms with E-state index in [4.69, 9.17) is 0 Å². The van der Waals surface area contributed by atoms with Crippen LogP contribution in [0.25, 0.3) is 11.1 Å². The molecule has 1 heterocycles. The summed E-state index contributed by atoms with van der Waals surface area (Å²) in [5, 5.41) is 9.20. The molecule has 0 aliphatic heterocycles. The minimum absolute atomic E-state index is 0.123. The Labute approximate surface area is 111 Å². The van der Waals surface area contributed by atoms with Crippen LogP contribution in [0.4, 0.5) is 0 Å². The van der Waals surface area contributed by atoms with Crippen molar-refractivity contribution in [2.45, 2.75) is 25.7 Å². The fraction of sp³-hybridized carbons (Fsp3) is 0.250. The quantitative estimate of drug-likeness (QED) is 0.893. The van der Waals surface area contributed by atoms with Crippen molar-refractivity contribution < 1.29 is 9.90 Å². The molecule has 1 aromatic heterocycles. The molecule has 0 amide bonds. The summed E-state index contributed by atoms with van der Waals surface area (Å²) in [6, 6.07) is 9.86. The smallest absolute Gasteiger partial charge is 0.355 e. The number of fused-ring (bicyclic) bond motifs is 1. The fourth-order valence-electron chi connectivity index (χ4n) is 2.71. The van der Waals surface area contributed by atoms with Gasteiger partial charge in [0.05, 0.1) is 0 Å². The number of carbonyl (C=O) groups is 1. The first kappa shape index (κ1) is 11.9. The van der Waals surface area contributed by atoms with Gasteiger partial charge in [0.2, 0.25) is 0 Å². The first-order chi connectivity index (χ1) is 9.25. The van der Waals surface area contributed by atoms with Gasteiger partial charge in [-0.1, -0.05) is 24.3 Å². The second kappa shape index (κ2) is 4.84. The van der Waals surface area contributed by atoms with Crippen LogP contribution in [0.2, 0.25) is 0 Å². The van der Waals surface area contributed by atoms with Crippen molar-refractivity contribution in [3.8, 4) is 11.1 Å². The van der Waals surface area contributed by atoms with Crippen LogP contribution in [0.15, 0.2) is 36.5 Å². The van der Waals surface area contributed by atoms with Crippen molar-refractivity contribution in [2.75, 3.05) is 0 Å². The summed E-state index contributed by atoms with van der Waals surface area (Å²) >= 11 is 0. The molecule has 3 rings (SSSR count). The molecule has 0 bridgehead atoms. The highest BCUT2D eigenvalue weighted by atomic mass is 16.4. The van der Waals surface area contributed by atoms with Gasteiger partial charge in [0.1, 0.15) is 0 Å². The van der Waals surface area contributed by atoms with Crippen molar-refractivity contribution in [3.63, 3.8) is 0 Å². The SMILES string of the molecule is O=C(O)c1ncccc1-c1ccc2c(c1)CCCC2. The molecule has 0 fully saturated rings. The van der Waals surface area contributed by atoms with Crippen LogP contribution >= 0.6 is 0 Å². The maximum absolute atomic E-state index is 11.2. The number of benzene rings is 1. The molecule has 3 nitrogen and oxygen atoms in total. The number of aromatic nitrogens is 1. The van der Waals surface area contributed by atoms with Crippen LogP contribution in [-0.4, -0.2) is 16.1 Å². The number of rotatable bonds is 2. The van der Waals surface area contributed by atoms with Crippen LogP contribution in [-0.2, 0) is 12.8 Å². The highest BCUT2D eigenvalue weighted by Crippen LogP contribution is 2.28. The number of pyridine rings is 1. The van der Waals surface area contributed by atoms with Crippen LogP contribution in [0.3, 0.4) is 0 Å². The van der Waals surface area contributed by atoms with Gasteiger partial charge in [-0.2, -0.15) is 0 Å². The lowest BCUT2D eigenvalue weighted by Crippen LogP contribution is -2.05. The monoisotopic (exact) mass is 253 g/mol. The second-order valence-corrected chi connectivity index (χ2v) is 4.90. The molecule has 96 valence electrons. The molecule has 1 aromatic carbocycles. The zero-order valence-electron chi connectivity index (χ0n) is 10.6. The molecule has 0 radical (unpaired) electrons. The maximum atomic E-state index is 11.2. The molecule has 0 saturated heterocycles. The van der Waals surface area contributed by atoms with E-state index >= 15 is 0 Å². The Hall–Kier alpha value is -2.16. The van der Waals surface area contributed by atoms with Crippen LogP contribution in [0.1, 0.15) is 34.5 Å². The molecule has 1 N–H and O–H groups in total. The lowest BCUT2D eigenvalue weighted by Gasteiger charge is -2.17. The van der Waals surface area contributed by atoms with Crippen molar-refractivity contribution in [3.05, 3.63) is 53.3 Å². The van der Waals surface area contributed by atoms with E-state index < -0.39 is 5.97 Å². The fourth-order valence-corrected chi connectivity index (χ4v) is 2.71. The largest absolute Gasteiger partial charge is 0.476 e. The predicted octanol–water partition coefficient (Wildman–Crippen LogP) is 3.33. The predicted molar refractivity (Wildman–Crippen MR) is 73.3 cm³/mol. The molecule has 3 heteroatoms. The van der Waals surface area contributed by atoms with Crippen LogP contribution in [0.5, 0.6) is 0 Å². The molecule has 2 aromatic rings. The standard InChI is InChI=1S/C16H15NO2/c18-16(19)15-14(6-3-9-17-15)13-8-7-11-4-1-2-5-12(11)10-13/h3,6-10H,1-2,4-5H2,(H,18,19). The maximum Gasteiger partial charge on any atom is 0.355 e. The summed E-state index contributed by atoms with van der Waals surface area (Å²) in [5.41, 5.74) is 4.52. The second-order valence-electron chi connectivity index (χ2n) is 4.90. The number of hydrogen-bond donors (Lipinski definition) is 1. The van der Waals surface area contributed by atoms with E-state index in [-0.39, 0.29) is 5.69 Å². The van der Waals surface area contributed by atoms with Gasteiger partial charge in [-0.15, -0.1) is 0 Å². The van der Waals surface area contributed by atoms with Gasteiger partial charge in [-0.05, 0) is 48.4 Å². The van der Waals surface area contributed by atoms with Gasteiger partial charge in [-0.3, -0.25) is 0 Å². The zero-order chi connectivity index (χ0) is 13.2.